The van der Waals surface area contributed by atoms with Gasteiger partial charge in [0.1, 0.15) is 11.5 Å². The summed E-state index contributed by atoms with van der Waals surface area (Å²) in [6.45, 7) is 0. The molecular weight excluding hydrogens is 422 g/mol. The zero-order valence-electron chi connectivity index (χ0n) is 18.0. The number of Topliss-reactive ketones (excluding diaryl/α,β-unsaturated/α-hetero) is 1. The minimum atomic E-state index is -0.940. The van der Waals surface area contributed by atoms with Crippen molar-refractivity contribution in [2.24, 2.45) is 0 Å². The number of hydrogen-bond acceptors (Lipinski definition) is 6. The Morgan fingerprint density at radius 3 is 2.12 bits per heavy atom. The highest BCUT2D eigenvalue weighted by molar-refractivity contribution is 6.51. The van der Waals surface area contributed by atoms with Gasteiger partial charge in [-0.2, -0.15) is 0 Å². The normalized spacial score (nSPS) is 17.2. The minimum absolute atomic E-state index is 0.0484. The van der Waals surface area contributed by atoms with Gasteiger partial charge in [-0.3, -0.25) is 14.5 Å². The number of para-hydroxylation sites is 1. The molecule has 0 saturated carbocycles. The van der Waals surface area contributed by atoms with Gasteiger partial charge < -0.3 is 14.6 Å². The van der Waals surface area contributed by atoms with Crippen molar-refractivity contribution in [3.63, 3.8) is 0 Å². The average Bonchev–Trinajstić information content (AvgIpc) is 3.13. The molecule has 0 bridgehead atoms. The summed E-state index contributed by atoms with van der Waals surface area (Å²) in [5.41, 5.74) is 1.58. The van der Waals surface area contributed by atoms with Gasteiger partial charge in [0.25, 0.3) is 11.7 Å². The molecule has 1 amide bonds. The van der Waals surface area contributed by atoms with Crippen LogP contribution in [-0.4, -0.2) is 37.0 Å². The lowest BCUT2D eigenvalue weighted by Gasteiger charge is -2.26. The number of methoxy groups -OCH3 is 2. The van der Waals surface area contributed by atoms with Crippen LogP contribution in [0, 0.1) is 0 Å². The predicted molar refractivity (Wildman–Crippen MR) is 122 cm³/mol. The number of ether oxygens (including phenoxy) is 2. The summed E-state index contributed by atoms with van der Waals surface area (Å²) in [7, 11) is 2.77. The van der Waals surface area contributed by atoms with Crippen molar-refractivity contribution < 1.29 is 29.0 Å². The smallest absolute Gasteiger partial charge is 0.337 e. The van der Waals surface area contributed by atoms with E-state index in [2.05, 4.69) is 0 Å². The van der Waals surface area contributed by atoms with Crippen LogP contribution in [0.15, 0.2) is 84.4 Å². The number of carbonyl (C=O) groups is 3. The van der Waals surface area contributed by atoms with Crippen LogP contribution in [0.25, 0.3) is 5.76 Å². The van der Waals surface area contributed by atoms with E-state index in [1.54, 1.807) is 66.7 Å². The number of ketones is 1. The van der Waals surface area contributed by atoms with E-state index in [9.17, 15) is 19.5 Å². The topological polar surface area (TPSA) is 93.1 Å². The number of rotatable bonds is 5. The second-order valence-electron chi connectivity index (χ2n) is 7.32. The van der Waals surface area contributed by atoms with Gasteiger partial charge >= 0.3 is 5.97 Å². The molecule has 1 unspecified atom stereocenters. The van der Waals surface area contributed by atoms with Gasteiger partial charge in [0.05, 0.1) is 31.4 Å². The van der Waals surface area contributed by atoms with Crippen LogP contribution >= 0.6 is 0 Å². The van der Waals surface area contributed by atoms with E-state index in [-0.39, 0.29) is 11.3 Å². The van der Waals surface area contributed by atoms with Gasteiger partial charge in [0, 0.05) is 16.8 Å². The lowest BCUT2D eigenvalue weighted by atomic mass is 9.94. The van der Waals surface area contributed by atoms with Gasteiger partial charge in [-0.25, -0.2) is 4.79 Å². The molecule has 1 atom stereocenters. The van der Waals surface area contributed by atoms with Crippen molar-refractivity contribution in [3.8, 4) is 5.75 Å². The molecule has 1 heterocycles. The number of anilines is 1. The summed E-state index contributed by atoms with van der Waals surface area (Å²) in [6.07, 6.45) is 0. The zero-order valence-corrected chi connectivity index (χ0v) is 18.0. The third kappa shape index (κ3) is 3.85. The van der Waals surface area contributed by atoms with Crippen molar-refractivity contribution in [2.45, 2.75) is 6.04 Å². The highest BCUT2D eigenvalue weighted by Gasteiger charge is 2.47. The Labute approximate surface area is 190 Å². The van der Waals surface area contributed by atoms with Crippen molar-refractivity contribution >= 4 is 29.1 Å². The Bertz CT molecular complexity index is 1250. The Balaban J connectivity index is 1.93. The summed E-state index contributed by atoms with van der Waals surface area (Å²) in [6, 6.07) is 20.8. The fraction of sp³-hybridized carbons (Fsp3) is 0.115. The molecule has 33 heavy (non-hydrogen) atoms. The molecule has 0 aromatic heterocycles. The molecule has 1 aliphatic rings. The summed E-state index contributed by atoms with van der Waals surface area (Å²) >= 11 is 0. The molecule has 166 valence electrons. The maximum atomic E-state index is 13.2. The first-order valence-electron chi connectivity index (χ1n) is 10.2. The fourth-order valence-corrected chi connectivity index (χ4v) is 3.91. The third-order valence-corrected chi connectivity index (χ3v) is 5.49. The van der Waals surface area contributed by atoms with E-state index in [4.69, 9.17) is 9.47 Å². The molecule has 0 aliphatic carbocycles. The zero-order chi connectivity index (χ0) is 23.5. The van der Waals surface area contributed by atoms with Gasteiger partial charge in [-0.05, 0) is 30.3 Å². The van der Waals surface area contributed by atoms with E-state index in [0.29, 0.717) is 28.1 Å². The number of nitrogens with zero attached hydrogens (tertiary/aromatic N) is 1. The highest BCUT2D eigenvalue weighted by atomic mass is 16.5. The first kappa shape index (κ1) is 21.8. The average molecular weight is 443 g/mol. The van der Waals surface area contributed by atoms with Gasteiger partial charge in [-0.15, -0.1) is 0 Å². The first-order chi connectivity index (χ1) is 16.0. The number of aliphatic hydroxyl groups excluding tert-OH is 1. The van der Waals surface area contributed by atoms with Crippen LogP contribution < -0.4 is 9.64 Å². The van der Waals surface area contributed by atoms with E-state index in [1.165, 1.54) is 31.3 Å². The molecule has 0 radical (unpaired) electrons. The van der Waals surface area contributed by atoms with Crippen LogP contribution in [0.5, 0.6) is 5.75 Å². The standard InChI is InChI=1S/C26H21NO6/c1-32-20-11-7-6-10-19(20)22-21(23(28)16-8-4-3-5-9-16)24(29)25(30)27(22)18-14-12-17(13-15-18)26(31)33-2/h3-15,22,28H,1-2H3/b23-21+. The Morgan fingerprint density at radius 2 is 1.48 bits per heavy atom. The van der Waals surface area contributed by atoms with Crippen LogP contribution in [0.4, 0.5) is 5.69 Å². The molecule has 7 nitrogen and oxygen atoms in total. The van der Waals surface area contributed by atoms with E-state index < -0.39 is 23.7 Å². The molecule has 3 aromatic rings. The molecule has 3 aromatic carbocycles. The number of carbonyl (C=O) groups excluding carboxylic acids is 3. The number of hydrogen-bond donors (Lipinski definition) is 1. The molecule has 1 aliphatic heterocycles. The van der Waals surface area contributed by atoms with Gasteiger partial charge in [-0.1, -0.05) is 48.5 Å². The highest BCUT2D eigenvalue weighted by Crippen LogP contribution is 2.44. The second kappa shape index (κ2) is 9.00. The Hall–Kier alpha value is -4.39. The SMILES string of the molecule is COC(=O)c1ccc(N2C(=O)C(=O)/C(=C(/O)c3ccccc3)C2c2ccccc2OC)cc1. The minimum Gasteiger partial charge on any atom is -0.507 e. The summed E-state index contributed by atoms with van der Waals surface area (Å²) in [5, 5.41) is 11.1. The quantitative estimate of drug-likeness (QED) is 0.276. The van der Waals surface area contributed by atoms with Crippen molar-refractivity contribution in [3.05, 3.63) is 101 Å². The number of aliphatic hydroxyl groups is 1. The Morgan fingerprint density at radius 1 is 0.848 bits per heavy atom. The predicted octanol–water partition coefficient (Wildman–Crippen LogP) is 4.11. The van der Waals surface area contributed by atoms with E-state index in [1.807, 2.05) is 0 Å². The third-order valence-electron chi connectivity index (χ3n) is 5.49. The lowest BCUT2D eigenvalue weighted by molar-refractivity contribution is -0.132. The van der Waals surface area contributed by atoms with Gasteiger partial charge in [0.2, 0.25) is 0 Å². The maximum absolute atomic E-state index is 13.2. The van der Waals surface area contributed by atoms with Crippen LogP contribution in [0.1, 0.15) is 27.5 Å². The largest absolute Gasteiger partial charge is 0.507 e. The monoisotopic (exact) mass is 443 g/mol. The first-order valence-corrected chi connectivity index (χ1v) is 10.2. The molecule has 0 spiro atoms. The number of amides is 1. The lowest BCUT2D eigenvalue weighted by Crippen LogP contribution is -2.29. The molecule has 1 fully saturated rings. The van der Waals surface area contributed by atoms with Crippen LogP contribution in [-0.2, 0) is 14.3 Å². The molecule has 1 N–H and O–H groups in total. The fourth-order valence-electron chi connectivity index (χ4n) is 3.91. The Kier molecular flexibility index (Phi) is 5.95. The number of benzene rings is 3. The van der Waals surface area contributed by atoms with E-state index >= 15 is 0 Å². The molecule has 7 heteroatoms. The van der Waals surface area contributed by atoms with Crippen molar-refractivity contribution in [1.82, 2.24) is 0 Å². The molecule has 4 rings (SSSR count). The van der Waals surface area contributed by atoms with Crippen LogP contribution in [0.3, 0.4) is 0 Å². The summed E-state index contributed by atoms with van der Waals surface area (Å²) in [5.74, 6) is -1.95. The van der Waals surface area contributed by atoms with Crippen molar-refractivity contribution in [2.75, 3.05) is 19.1 Å². The maximum Gasteiger partial charge on any atom is 0.337 e. The second-order valence-corrected chi connectivity index (χ2v) is 7.32. The molecule has 1 saturated heterocycles. The number of esters is 1. The van der Waals surface area contributed by atoms with Gasteiger partial charge in [0.15, 0.2) is 0 Å². The summed E-state index contributed by atoms with van der Waals surface area (Å²) < 4.78 is 10.2. The summed E-state index contributed by atoms with van der Waals surface area (Å²) in [4.78, 5) is 39.5. The van der Waals surface area contributed by atoms with E-state index in [0.717, 1.165) is 0 Å². The van der Waals surface area contributed by atoms with Crippen LogP contribution in [0.2, 0.25) is 0 Å². The molecular formula is C26H21NO6. The van der Waals surface area contributed by atoms with Crippen molar-refractivity contribution in [1.29, 1.82) is 0 Å².